The lowest BCUT2D eigenvalue weighted by Crippen LogP contribution is -2.15. The molecule has 7 heteroatoms. The van der Waals surface area contributed by atoms with Crippen LogP contribution in [0.15, 0.2) is 24.4 Å². The zero-order chi connectivity index (χ0) is 19.1. The number of hydrogen-bond acceptors (Lipinski definition) is 5. The van der Waals surface area contributed by atoms with Gasteiger partial charge in [0.15, 0.2) is 5.82 Å². The van der Waals surface area contributed by atoms with E-state index in [0.717, 1.165) is 33.7 Å². The fourth-order valence-electron chi connectivity index (χ4n) is 3.02. The maximum Gasteiger partial charge on any atom is 0.160 e. The first-order valence-corrected chi connectivity index (χ1v) is 8.74. The summed E-state index contributed by atoms with van der Waals surface area (Å²) in [5.41, 5.74) is 2.63. The molecule has 0 atom stereocenters. The predicted molar refractivity (Wildman–Crippen MR) is 103 cm³/mol. The second-order valence-corrected chi connectivity index (χ2v) is 7.40. The van der Waals surface area contributed by atoms with Crippen molar-refractivity contribution in [3.8, 4) is 0 Å². The fraction of sp³-hybridized carbons (Fsp3) is 0.474. The van der Waals surface area contributed by atoms with Crippen molar-refractivity contribution < 1.29 is 9.84 Å². The Labute approximate surface area is 153 Å². The number of fused-ring (bicyclic) bond motifs is 1. The van der Waals surface area contributed by atoms with Crippen LogP contribution in [-0.2, 0) is 24.0 Å². The van der Waals surface area contributed by atoms with Crippen LogP contribution in [0.4, 0.5) is 11.5 Å². The van der Waals surface area contributed by atoms with Gasteiger partial charge in [-0.15, -0.1) is 0 Å². The van der Waals surface area contributed by atoms with Crippen molar-refractivity contribution in [1.29, 1.82) is 0 Å². The van der Waals surface area contributed by atoms with E-state index in [2.05, 4.69) is 24.3 Å². The highest BCUT2D eigenvalue weighted by Crippen LogP contribution is 2.32. The third-order valence-electron chi connectivity index (χ3n) is 4.34. The van der Waals surface area contributed by atoms with E-state index in [1.165, 1.54) is 0 Å². The quantitative estimate of drug-likeness (QED) is 0.706. The Balaban J connectivity index is 2.12. The van der Waals surface area contributed by atoms with Gasteiger partial charge < -0.3 is 15.2 Å². The monoisotopic (exact) mass is 357 g/mol. The minimum Gasteiger partial charge on any atom is -0.386 e. The van der Waals surface area contributed by atoms with Crippen molar-refractivity contribution in [3.63, 3.8) is 0 Å². The number of methoxy groups -OCH3 is 1. The Hall–Kier alpha value is -2.38. The molecule has 0 saturated carbocycles. The second kappa shape index (κ2) is 6.74. The Kier molecular flexibility index (Phi) is 4.77. The van der Waals surface area contributed by atoms with Gasteiger partial charge in [-0.3, -0.25) is 9.36 Å². The van der Waals surface area contributed by atoms with Crippen LogP contribution in [-0.4, -0.2) is 31.8 Å². The topological polar surface area (TPSA) is 77.1 Å². The zero-order valence-corrected chi connectivity index (χ0v) is 16.2. The molecule has 7 nitrogen and oxygen atoms in total. The van der Waals surface area contributed by atoms with E-state index >= 15 is 0 Å². The molecule has 0 amide bonds. The molecular formula is C19H27N5O2. The van der Waals surface area contributed by atoms with Crippen molar-refractivity contribution in [2.45, 2.75) is 45.9 Å². The summed E-state index contributed by atoms with van der Waals surface area (Å²) >= 11 is 0. The van der Waals surface area contributed by atoms with Gasteiger partial charge >= 0.3 is 0 Å². The summed E-state index contributed by atoms with van der Waals surface area (Å²) in [5.74, 6) is 0.741. The summed E-state index contributed by atoms with van der Waals surface area (Å²) in [6.07, 6.45) is 1.91. The lowest BCUT2D eigenvalue weighted by molar-refractivity contribution is 0.0787. The van der Waals surface area contributed by atoms with Crippen LogP contribution < -0.4 is 5.32 Å². The molecule has 0 spiro atoms. The first-order valence-electron chi connectivity index (χ1n) is 8.74. The zero-order valence-electron chi connectivity index (χ0n) is 16.2. The molecule has 3 rings (SSSR count). The molecular weight excluding hydrogens is 330 g/mol. The lowest BCUT2D eigenvalue weighted by atomic mass is 9.97. The van der Waals surface area contributed by atoms with Crippen LogP contribution in [0.5, 0.6) is 0 Å². The number of nitrogens with zero attached hydrogens (tertiary/aromatic N) is 4. The molecule has 0 saturated heterocycles. The van der Waals surface area contributed by atoms with Crippen molar-refractivity contribution >= 4 is 22.4 Å². The highest BCUT2D eigenvalue weighted by molar-refractivity contribution is 5.92. The molecule has 0 aliphatic carbocycles. The minimum atomic E-state index is -0.916. The highest BCUT2D eigenvalue weighted by atomic mass is 16.5. The predicted octanol–water partition coefficient (Wildman–Crippen LogP) is 3.47. The van der Waals surface area contributed by atoms with E-state index in [1.807, 2.05) is 36.1 Å². The molecule has 2 N–H and O–H groups in total. The third-order valence-corrected chi connectivity index (χ3v) is 4.34. The van der Waals surface area contributed by atoms with Crippen molar-refractivity contribution in [2.24, 2.45) is 7.05 Å². The van der Waals surface area contributed by atoms with Gasteiger partial charge in [-0.05, 0) is 45.4 Å². The van der Waals surface area contributed by atoms with Gasteiger partial charge in [0.1, 0.15) is 5.69 Å². The summed E-state index contributed by atoms with van der Waals surface area (Å²) in [5, 5.41) is 23.9. The maximum absolute atomic E-state index is 10.4. The van der Waals surface area contributed by atoms with Gasteiger partial charge in [0.05, 0.1) is 23.4 Å². The smallest absolute Gasteiger partial charge is 0.160 e. The van der Waals surface area contributed by atoms with Crippen LogP contribution in [0.2, 0.25) is 0 Å². The molecule has 0 radical (unpaired) electrons. The maximum atomic E-state index is 10.4. The molecule has 2 heterocycles. The number of aryl methyl sites for hydroxylation is 1. The Morgan fingerprint density at radius 2 is 2.00 bits per heavy atom. The van der Waals surface area contributed by atoms with Gasteiger partial charge in [-0.2, -0.15) is 10.2 Å². The Bertz CT molecular complexity index is 918. The molecule has 140 valence electrons. The fourth-order valence-corrected chi connectivity index (χ4v) is 3.02. The summed E-state index contributed by atoms with van der Waals surface area (Å²) in [7, 11) is 3.53. The molecule has 0 aliphatic heterocycles. The summed E-state index contributed by atoms with van der Waals surface area (Å²) < 4.78 is 8.97. The number of nitrogens with one attached hydrogen (secondary N) is 1. The molecule has 0 fully saturated rings. The van der Waals surface area contributed by atoms with E-state index < -0.39 is 5.60 Å². The molecule has 0 unspecified atom stereocenters. The normalized spacial score (nSPS) is 12.3. The summed E-state index contributed by atoms with van der Waals surface area (Å²) in [6.45, 7) is 8.18. The molecule has 26 heavy (non-hydrogen) atoms. The Morgan fingerprint density at radius 1 is 1.27 bits per heavy atom. The standard InChI is InChI=1S/C19H27N5O2/c1-12(2)24-17-8-7-13(19(3,4)25)9-14(17)18(22-24)20-15-10-23(5)21-16(15)11-26-6/h7-10,12,25H,11H2,1-6H3,(H,20,22). The van der Waals surface area contributed by atoms with Crippen LogP contribution in [0.1, 0.15) is 45.0 Å². The van der Waals surface area contributed by atoms with Crippen LogP contribution >= 0.6 is 0 Å². The van der Waals surface area contributed by atoms with Crippen LogP contribution in [0.25, 0.3) is 10.9 Å². The van der Waals surface area contributed by atoms with E-state index in [-0.39, 0.29) is 6.04 Å². The highest BCUT2D eigenvalue weighted by Gasteiger charge is 2.20. The van der Waals surface area contributed by atoms with Crippen molar-refractivity contribution in [3.05, 3.63) is 35.7 Å². The SMILES string of the molecule is COCc1nn(C)cc1Nc1nn(C(C)C)c2ccc(C(C)(C)O)cc12. The number of ether oxygens (including phenoxy) is 1. The molecule has 1 aromatic carbocycles. The number of hydrogen-bond donors (Lipinski definition) is 2. The third kappa shape index (κ3) is 3.45. The largest absolute Gasteiger partial charge is 0.386 e. The number of aliphatic hydroxyl groups is 1. The van der Waals surface area contributed by atoms with Gasteiger partial charge in [0.25, 0.3) is 0 Å². The van der Waals surface area contributed by atoms with Gasteiger partial charge in [0.2, 0.25) is 0 Å². The first-order chi connectivity index (χ1) is 12.2. The average Bonchev–Trinajstić information content (AvgIpc) is 3.08. The van der Waals surface area contributed by atoms with Crippen LogP contribution in [0, 0.1) is 0 Å². The molecule has 0 bridgehead atoms. The summed E-state index contributed by atoms with van der Waals surface area (Å²) in [6, 6.07) is 6.18. The van der Waals surface area contributed by atoms with Gasteiger partial charge in [-0.1, -0.05) is 6.07 Å². The first kappa shape index (κ1) is 18.4. The number of rotatable bonds is 6. The number of aromatic nitrogens is 4. The molecule has 0 aliphatic rings. The van der Waals surface area contributed by atoms with Gasteiger partial charge in [-0.25, -0.2) is 0 Å². The number of benzene rings is 1. The number of anilines is 2. The van der Waals surface area contributed by atoms with E-state index in [1.54, 1.807) is 25.6 Å². The molecule has 3 aromatic rings. The second-order valence-electron chi connectivity index (χ2n) is 7.40. The van der Waals surface area contributed by atoms with E-state index in [9.17, 15) is 5.11 Å². The van der Waals surface area contributed by atoms with E-state index in [0.29, 0.717) is 6.61 Å². The molecule has 2 aromatic heterocycles. The average molecular weight is 357 g/mol. The van der Waals surface area contributed by atoms with Crippen molar-refractivity contribution in [1.82, 2.24) is 19.6 Å². The van der Waals surface area contributed by atoms with Crippen LogP contribution in [0.3, 0.4) is 0 Å². The van der Waals surface area contributed by atoms with Gasteiger partial charge in [0, 0.05) is 31.8 Å². The Morgan fingerprint density at radius 3 is 2.62 bits per heavy atom. The van der Waals surface area contributed by atoms with E-state index in [4.69, 9.17) is 9.84 Å². The minimum absolute atomic E-state index is 0.216. The lowest BCUT2D eigenvalue weighted by Gasteiger charge is -2.18. The van der Waals surface area contributed by atoms with Crippen molar-refractivity contribution in [2.75, 3.05) is 12.4 Å². The summed E-state index contributed by atoms with van der Waals surface area (Å²) in [4.78, 5) is 0.